The van der Waals surface area contributed by atoms with Gasteiger partial charge in [0.05, 0.1) is 0 Å². The molecule has 21 heavy (non-hydrogen) atoms. The largest absolute Gasteiger partial charge is 0.444 e. The first-order valence-electron chi connectivity index (χ1n) is 7.44. The maximum Gasteiger partial charge on any atom is 0.413 e. The molecule has 0 bridgehead atoms. The standard InChI is InChI=1S/C15H26N4O2/c1-6-10-19(11-7-2)13-9-8-12(17-18-13)16-14(20)21-15(3,4)5/h8-9H,6-7,10-11H2,1-5H3,(H,16,17,20). The highest BCUT2D eigenvalue weighted by Crippen LogP contribution is 2.14. The number of nitrogens with zero attached hydrogens (tertiary/aromatic N) is 3. The van der Waals surface area contributed by atoms with Gasteiger partial charge in [0.15, 0.2) is 11.6 Å². The minimum Gasteiger partial charge on any atom is -0.444 e. The molecule has 0 atom stereocenters. The van der Waals surface area contributed by atoms with Gasteiger partial charge < -0.3 is 9.64 Å². The molecule has 1 aromatic heterocycles. The molecule has 0 aromatic carbocycles. The fraction of sp³-hybridized carbons (Fsp3) is 0.667. The van der Waals surface area contributed by atoms with E-state index in [-0.39, 0.29) is 0 Å². The monoisotopic (exact) mass is 294 g/mol. The first-order valence-corrected chi connectivity index (χ1v) is 7.44. The predicted octanol–water partition coefficient (Wildman–Crippen LogP) is 3.45. The fourth-order valence-corrected chi connectivity index (χ4v) is 1.85. The van der Waals surface area contributed by atoms with Crippen molar-refractivity contribution in [2.45, 2.75) is 53.1 Å². The first kappa shape index (κ1) is 17.2. The number of carbonyl (C=O) groups is 1. The van der Waals surface area contributed by atoms with Crippen molar-refractivity contribution in [2.24, 2.45) is 0 Å². The predicted molar refractivity (Wildman–Crippen MR) is 84.7 cm³/mol. The van der Waals surface area contributed by atoms with Crippen LogP contribution in [0.5, 0.6) is 0 Å². The van der Waals surface area contributed by atoms with Crippen LogP contribution in [0.2, 0.25) is 0 Å². The number of carbonyl (C=O) groups excluding carboxylic acids is 1. The van der Waals surface area contributed by atoms with Crippen molar-refractivity contribution in [1.82, 2.24) is 10.2 Å². The smallest absolute Gasteiger partial charge is 0.413 e. The number of aromatic nitrogens is 2. The summed E-state index contributed by atoms with van der Waals surface area (Å²) in [4.78, 5) is 13.8. The molecular weight excluding hydrogens is 268 g/mol. The van der Waals surface area contributed by atoms with Gasteiger partial charge in [-0.1, -0.05) is 13.8 Å². The van der Waals surface area contributed by atoms with Crippen molar-refractivity contribution < 1.29 is 9.53 Å². The molecule has 1 amide bonds. The van der Waals surface area contributed by atoms with Gasteiger partial charge in [0.1, 0.15) is 5.60 Å². The summed E-state index contributed by atoms with van der Waals surface area (Å²) in [5.41, 5.74) is -0.531. The Kier molecular flexibility index (Phi) is 6.39. The van der Waals surface area contributed by atoms with E-state index in [1.54, 1.807) is 6.07 Å². The number of hydrogen-bond donors (Lipinski definition) is 1. The van der Waals surface area contributed by atoms with E-state index in [0.717, 1.165) is 31.7 Å². The molecule has 0 radical (unpaired) electrons. The zero-order valence-electron chi connectivity index (χ0n) is 13.6. The summed E-state index contributed by atoms with van der Waals surface area (Å²) < 4.78 is 5.17. The van der Waals surface area contributed by atoms with Gasteiger partial charge in [-0.15, -0.1) is 10.2 Å². The van der Waals surface area contributed by atoms with Crippen LogP contribution in [0.15, 0.2) is 12.1 Å². The van der Waals surface area contributed by atoms with E-state index in [0.29, 0.717) is 5.82 Å². The number of amides is 1. The van der Waals surface area contributed by atoms with Crippen molar-refractivity contribution in [3.05, 3.63) is 12.1 Å². The lowest BCUT2D eigenvalue weighted by molar-refractivity contribution is 0.0635. The van der Waals surface area contributed by atoms with Crippen molar-refractivity contribution in [3.8, 4) is 0 Å². The second-order valence-corrected chi connectivity index (χ2v) is 5.89. The van der Waals surface area contributed by atoms with Gasteiger partial charge in [0.2, 0.25) is 0 Å². The Hall–Kier alpha value is -1.85. The van der Waals surface area contributed by atoms with Crippen LogP contribution in [0, 0.1) is 0 Å². The van der Waals surface area contributed by atoms with Gasteiger partial charge in [-0.3, -0.25) is 5.32 Å². The third kappa shape index (κ3) is 6.42. The maximum absolute atomic E-state index is 11.6. The minimum absolute atomic E-state index is 0.390. The van der Waals surface area contributed by atoms with Crippen LogP contribution in [0.25, 0.3) is 0 Å². The third-order valence-electron chi connectivity index (χ3n) is 2.59. The summed E-state index contributed by atoms with van der Waals surface area (Å²) in [6.07, 6.45) is 1.59. The van der Waals surface area contributed by atoms with Crippen LogP contribution in [-0.2, 0) is 4.74 Å². The summed E-state index contributed by atoms with van der Waals surface area (Å²) in [6, 6.07) is 3.61. The highest BCUT2D eigenvalue weighted by atomic mass is 16.6. The van der Waals surface area contributed by atoms with Gasteiger partial charge in [-0.25, -0.2) is 4.79 Å². The number of nitrogens with one attached hydrogen (secondary N) is 1. The van der Waals surface area contributed by atoms with Crippen molar-refractivity contribution in [1.29, 1.82) is 0 Å². The topological polar surface area (TPSA) is 67.4 Å². The molecule has 6 heteroatoms. The number of ether oxygens (including phenoxy) is 1. The van der Waals surface area contributed by atoms with E-state index in [9.17, 15) is 4.79 Å². The molecule has 1 aromatic rings. The van der Waals surface area contributed by atoms with Gasteiger partial charge in [0, 0.05) is 13.1 Å². The lowest BCUT2D eigenvalue weighted by atomic mass is 10.2. The van der Waals surface area contributed by atoms with Crippen LogP contribution in [0.3, 0.4) is 0 Å². The van der Waals surface area contributed by atoms with Gasteiger partial charge in [0.25, 0.3) is 0 Å². The number of hydrogen-bond acceptors (Lipinski definition) is 5. The zero-order chi connectivity index (χ0) is 15.9. The van der Waals surface area contributed by atoms with Gasteiger partial charge in [-0.2, -0.15) is 0 Å². The Morgan fingerprint density at radius 2 is 1.81 bits per heavy atom. The molecule has 0 spiro atoms. The van der Waals surface area contributed by atoms with E-state index < -0.39 is 11.7 Å². The fourth-order valence-electron chi connectivity index (χ4n) is 1.85. The molecule has 0 saturated carbocycles. The quantitative estimate of drug-likeness (QED) is 0.870. The third-order valence-corrected chi connectivity index (χ3v) is 2.59. The van der Waals surface area contributed by atoms with Crippen LogP contribution >= 0.6 is 0 Å². The Bertz CT molecular complexity index is 434. The molecule has 118 valence electrons. The summed E-state index contributed by atoms with van der Waals surface area (Å²) in [5, 5.41) is 10.8. The molecule has 0 unspecified atom stereocenters. The normalized spacial score (nSPS) is 11.1. The number of anilines is 2. The first-order chi connectivity index (χ1) is 9.85. The molecule has 0 saturated heterocycles. The minimum atomic E-state index is -0.531. The molecule has 0 fully saturated rings. The number of rotatable bonds is 6. The SMILES string of the molecule is CCCN(CCC)c1ccc(NC(=O)OC(C)(C)C)nn1. The summed E-state index contributed by atoms with van der Waals surface area (Å²) in [5.74, 6) is 1.22. The molecule has 1 rings (SSSR count). The Morgan fingerprint density at radius 1 is 1.19 bits per heavy atom. The summed E-state index contributed by atoms with van der Waals surface area (Å²) in [6.45, 7) is 11.6. The second-order valence-electron chi connectivity index (χ2n) is 5.89. The van der Waals surface area contributed by atoms with E-state index in [1.807, 2.05) is 26.8 Å². The van der Waals surface area contributed by atoms with Gasteiger partial charge in [-0.05, 0) is 45.7 Å². The molecule has 1 N–H and O–H groups in total. The summed E-state index contributed by atoms with van der Waals surface area (Å²) in [7, 11) is 0. The Balaban J connectivity index is 2.66. The second kappa shape index (κ2) is 7.81. The van der Waals surface area contributed by atoms with Crippen molar-refractivity contribution in [2.75, 3.05) is 23.3 Å². The average molecular weight is 294 g/mol. The maximum atomic E-state index is 11.6. The summed E-state index contributed by atoms with van der Waals surface area (Å²) >= 11 is 0. The Morgan fingerprint density at radius 3 is 2.24 bits per heavy atom. The average Bonchev–Trinajstić information content (AvgIpc) is 2.37. The van der Waals surface area contributed by atoms with Crippen LogP contribution < -0.4 is 10.2 Å². The molecule has 1 heterocycles. The zero-order valence-corrected chi connectivity index (χ0v) is 13.6. The van der Waals surface area contributed by atoms with Crippen LogP contribution in [-0.4, -0.2) is 35.0 Å². The molecule has 0 aliphatic rings. The molecule has 6 nitrogen and oxygen atoms in total. The van der Waals surface area contributed by atoms with Crippen molar-refractivity contribution >= 4 is 17.7 Å². The van der Waals surface area contributed by atoms with E-state index in [2.05, 4.69) is 34.3 Å². The Labute approximate surface area is 126 Å². The lowest BCUT2D eigenvalue weighted by Crippen LogP contribution is -2.28. The van der Waals surface area contributed by atoms with Gasteiger partial charge >= 0.3 is 6.09 Å². The molecule has 0 aliphatic carbocycles. The van der Waals surface area contributed by atoms with E-state index in [1.165, 1.54) is 0 Å². The lowest BCUT2D eigenvalue weighted by Gasteiger charge is -2.22. The van der Waals surface area contributed by atoms with Crippen LogP contribution in [0.4, 0.5) is 16.4 Å². The highest BCUT2D eigenvalue weighted by Gasteiger charge is 2.16. The highest BCUT2D eigenvalue weighted by molar-refractivity contribution is 5.83. The van der Waals surface area contributed by atoms with E-state index >= 15 is 0 Å². The van der Waals surface area contributed by atoms with Crippen LogP contribution in [0.1, 0.15) is 47.5 Å². The molecule has 0 aliphatic heterocycles. The van der Waals surface area contributed by atoms with Crippen molar-refractivity contribution in [3.63, 3.8) is 0 Å². The molecular formula is C15H26N4O2. The van der Waals surface area contributed by atoms with E-state index in [4.69, 9.17) is 4.74 Å².